The summed E-state index contributed by atoms with van der Waals surface area (Å²) >= 11 is 3.00. The molecule has 4 nitrogen and oxygen atoms in total. The predicted molar refractivity (Wildman–Crippen MR) is 58.1 cm³/mol. The molecule has 1 rings (SSSR count). The van der Waals surface area contributed by atoms with Crippen molar-refractivity contribution in [3.63, 3.8) is 0 Å². The molecule has 0 aliphatic rings. The zero-order chi connectivity index (χ0) is 11.6. The van der Waals surface area contributed by atoms with E-state index in [9.17, 15) is 12.8 Å². The van der Waals surface area contributed by atoms with Crippen molar-refractivity contribution in [3.8, 4) is 0 Å². The highest BCUT2D eigenvalue weighted by Crippen LogP contribution is 2.22. The summed E-state index contributed by atoms with van der Waals surface area (Å²) in [6.07, 6.45) is 0. The second-order valence-electron chi connectivity index (χ2n) is 3.06. The average molecular weight is 297 g/mol. The van der Waals surface area contributed by atoms with Crippen molar-refractivity contribution in [1.29, 1.82) is 0 Å². The van der Waals surface area contributed by atoms with E-state index >= 15 is 0 Å². The van der Waals surface area contributed by atoms with Gasteiger partial charge in [0.1, 0.15) is 5.82 Å². The lowest BCUT2D eigenvalue weighted by molar-refractivity contribution is 0.364. The summed E-state index contributed by atoms with van der Waals surface area (Å²) in [5.74, 6) is -0.495. The van der Waals surface area contributed by atoms with E-state index < -0.39 is 15.8 Å². The van der Waals surface area contributed by atoms with Crippen LogP contribution in [0.15, 0.2) is 27.6 Å². The summed E-state index contributed by atoms with van der Waals surface area (Å²) in [7, 11) is -0.543. The lowest BCUT2D eigenvalue weighted by atomic mass is 10.3. The van der Waals surface area contributed by atoms with E-state index in [1.165, 1.54) is 11.1 Å². The van der Waals surface area contributed by atoms with Gasteiger partial charge in [-0.05, 0) is 34.1 Å². The van der Waals surface area contributed by atoms with Gasteiger partial charge in [0.25, 0.3) is 10.0 Å². The van der Waals surface area contributed by atoms with Crippen LogP contribution >= 0.6 is 15.9 Å². The highest BCUT2D eigenvalue weighted by atomic mass is 79.9. The molecule has 0 amide bonds. The van der Waals surface area contributed by atoms with Gasteiger partial charge < -0.3 is 0 Å². The molecule has 0 atom stereocenters. The van der Waals surface area contributed by atoms with Crippen LogP contribution in [0, 0.1) is 5.82 Å². The van der Waals surface area contributed by atoms with Crippen LogP contribution < -0.4 is 4.83 Å². The van der Waals surface area contributed by atoms with E-state index in [1.807, 2.05) is 0 Å². The molecular weight excluding hydrogens is 287 g/mol. The van der Waals surface area contributed by atoms with Crippen LogP contribution in [0.3, 0.4) is 0 Å². The molecule has 84 valence electrons. The van der Waals surface area contributed by atoms with Crippen LogP contribution in [0.1, 0.15) is 0 Å². The summed E-state index contributed by atoms with van der Waals surface area (Å²) in [5.41, 5.74) is 0. The molecule has 0 radical (unpaired) electrons. The summed E-state index contributed by atoms with van der Waals surface area (Å²) in [5, 5.41) is 1.30. The van der Waals surface area contributed by atoms with Crippen molar-refractivity contribution in [2.75, 3.05) is 14.1 Å². The molecule has 0 aromatic heterocycles. The zero-order valence-electron chi connectivity index (χ0n) is 8.16. The zero-order valence-corrected chi connectivity index (χ0v) is 10.6. The standard InChI is InChI=1S/C8H10BrFN2O2S/c1-12(2)11-15(13,14)8-4-3-6(10)5-7(8)9/h3-5,11H,1-2H3. The van der Waals surface area contributed by atoms with Gasteiger partial charge in [-0.2, -0.15) is 0 Å². The largest absolute Gasteiger partial charge is 0.254 e. The van der Waals surface area contributed by atoms with Crippen LogP contribution in [0.5, 0.6) is 0 Å². The Morgan fingerprint density at radius 3 is 2.47 bits per heavy atom. The van der Waals surface area contributed by atoms with Crippen molar-refractivity contribution < 1.29 is 12.8 Å². The molecule has 1 aromatic carbocycles. The Kier molecular flexibility index (Phi) is 3.82. The molecule has 0 saturated heterocycles. The predicted octanol–water partition coefficient (Wildman–Crippen LogP) is 1.34. The van der Waals surface area contributed by atoms with Gasteiger partial charge in [0.2, 0.25) is 0 Å². The second-order valence-corrected chi connectivity index (χ2v) is 5.55. The molecule has 7 heteroatoms. The van der Waals surface area contributed by atoms with Gasteiger partial charge in [0.05, 0.1) is 4.90 Å². The Morgan fingerprint density at radius 1 is 1.40 bits per heavy atom. The highest BCUT2D eigenvalue weighted by molar-refractivity contribution is 9.10. The molecule has 15 heavy (non-hydrogen) atoms. The molecule has 0 heterocycles. The minimum Gasteiger partial charge on any atom is -0.237 e. The smallest absolute Gasteiger partial charge is 0.237 e. The SMILES string of the molecule is CN(C)NS(=O)(=O)c1ccc(F)cc1Br. The Labute approximate surface area is 96.2 Å². The highest BCUT2D eigenvalue weighted by Gasteiger charge is 2.18. The van der Waals surface area contributed by atoms with Gasteiger partial charge in [-0.15, -0.1) is 4.83 Å². The fraction of sp³-hybridized carbons (Fsp3) is 0.250. The maximum Gasteiger partial charge on any atom is 0.254 e. The molecule has 0 fully saturated rings. The monoisotopic (exact) mass is 296 g/mol. The Morgan fingerprint density at radius 2 is 2.00 bits per heavy atom. The van der Waals surface area contributed by atoms with Gasteiger partial charge in [-0.1, -0.05) is 0 Å². The van der Waals surface area contributed by atoms with E-state index in [0.717, 1.165) is 12.1 Å². The summed E-state index contributed by atoms with van der Waals surface area (Å²) in [6, 6.07) is 3.39. The van der Waals surface area contributed by atoms with E-state index in [1.54, 1.807) is 14.1 Å². The number of hydrogen-bond donors (Lipinski definition) is 1. The van der Waals surface area contributed by atoms with E-state index in [2.05, 4.69) is 20.8 Å². The number of benzene rings is 1. The molecular formula is C8H10BrFN2O2S. The van der Waals surface area contributed by atoms with Crippen molar-refractivity contribution >= 4 is 26.0 Å². The average Bonchev–Trinajstić information content (AvgIpc) is 1.99. The Balaban J connectivity index is 3.16. The number of sulfonamides is 1. The minimum atomic E-state index is -3.64. The van der Waals surface area contributed by atoms with Gasteiger partial charge >= 0.3 is 0 Å². The number of hydrazine groups is 1. The normalized spacial score (nSPS) is 12.1. The molecule has 0 bridgehead atoms. The van der Waals surface area contributed by atoms with Gasteiger partial charge in [-0.25, -0.2) is 17.8 Å². The number of nitrogens with one attached hydrogen (secondary N) is 1. The van der Waals surface area contributed by atoms with Gasteiger partial charge in [0.15, 0.2) is 0 Å². The van der Waals surface area contributed by atoms with E-state index in [-0.39, 0.29) is 9.37 Å². The second kappa shape index (κ2) is 4.56. The molecule has 0 spiro atoms. The number of rotatable bonds is 3. The van der Waals surface area contributed by atoms with Crippen molar-refractivity contribution in [2.45, 2.75) is 4.90 Å². The number of halogens is 2. The van der Waals surface area contributed by atoms with E-state index in [4.69, 9.17) is 0 Å². The quantitative estimate of drug-likeness (QED) is 0.857. The molecule has 0 unspecified atom stereocenters. The first-order valence-electron chi connectivity index (χ1n) is 3.98. The molecule has 0 saturated carbocycles. The molecule has 1 N–H and O–H groups in total. The fourth-order valence-corrected chi connectivity index (χ4v) is 3.11. The van der Waals surface area contributed by atoms with Crippen LogP contribution in [-0.2, 0) is 10.0 Å². The van der Waals surface area contributed by atoms with Crippen molar-refractivity contribution in [2.24, 2.45) is 0 Å². The third kappa shape index (κ3) is 3.23. The first-order chi connectivity index (χ1) is 6.83. The number of hydrogen-bond acceptors (Lipinski definition) is 3. The third-order valence-electron chi connectivity index (χ3n) is 1.49. The van der Waals surface area contributed by atoms with E-state index in [0.29, 0.717) is 0 Å². The summed E-state index contributed by atoms with van der Waals surface area (Å²) in [6.45, 7) is 0. The van der Waals surface area contributed by atoms with Gasteiger partial charge in [0, 0.05) is 18.6 Å². The fourth-order valence-electron chi connectivity index (χ4n) is 0.983. The van der Waals surface area contributed by atoms with Gasteiger partial charge in [-0.3, -0.25) is 0 Å². The van der Waals surface area contributed by atoms with Crippen LogP contribution in [0.2, 0.25) is 0 Å². The Hall–Kier alpha value is -0.500. The maximum atomic E-state index is 12.7. The Bertz CT molecular complexity index is 462. The lowest BCUT2D eigenvalue weighted by Crippen LogP contribution is -2.36. The third-order valence-corrected chi connectivity index (χ3v) is 3.95. The minimum absolute atomic E-state index is 0.00222. The van der Waals surface area contributed by atoms with Crippen LogP contribution in [0.4, 0.5) is 4.39 Å². The van der Waals surface area contributed by atoms with Crippen LogP contribution in [0.25, 0.3) is 0 Å². The van der Waals surface area contributed by atoms with Crippen LogP contribution in [-0.4, -0.2) is 27.5 Å². The molecule has 0 aliphatic heterocycles. The van der Waals surface area contributed by atoms with Crippen molar-refractivity contribution in [3.05, 3.63) is 28.5 Å². The lowest BCUT2D eigenvalue weighted by Gasteiger charge is -2.13. The molecule has 0 aliphatic carbocycles. The maximum absolute atomic E-state index is 12.7. The van der Waals surface area contributed by atoms with Crippen molar-refractivity contribution in [1.82, 2.24) is 9.84 Å². The summed E-state index contributed by atoms with van der Waals surface area (Å²) in [4.78, 5) is 2.25. The molecule has 1 aromatic rings. The number of nitrogens with zero attached hydrogens (tertiary/aromatic N) is 1. The first-order valence-corrected chi connectivity index (χ1v) is 6.25. The first kappa shape index (κ1) is 12.6. The summed E-state index contributed by atoms with van der Waals surface area (Å²) < 4.78 is 36.3. The topological polar surface area (TPSA) is 49.4 Å².